The minimum absolute atomic E-state index is 0.0482. The Morgan fingerprint density at radius 2 is 2.24 bits per heavy atom. The normalized spacial score (nSPS) is 12.4. The molecule has 5 heteroatoms. The van der Waals surface area contributed by atoms with E-state index in [1.807, 2.05) is 6.92 Å². The molecule has 1 aromatic carbocycles. The van der Waals surface area contributed by atoms with Crippen molar-refractivity contribution in [3.05, 3.63) is 34.3 Å². The second-order valence-electron chi connectivity index (χ2n) is 3.90. The summed E-state index contributed by atoms with van der Waals surface area (Å²) >= 11 is 5.98. The van der Waals surface area contributed by atoms with Crippen LogP contribution in [0.25, 0.3) is 0 Å². The molecule has 0 amide bonds. The molecule has 0 radical (unpaired) electrons. The van der Waals surface area contributed by atoms with Crippen molar-refractivity contribution in [1.82, 2.24) is 5.32 Å². The zero-order valence-corrected chi connectivity index (χ0v) is 10.4. The number of aromatic carboxylic acids is 1. The molecule has 0 heterocycles. The number of benzene rings is 1. The second-order valence-corrected chi connectivity index (χ2v) is 4.31. The highest BCUT2D eigenvalue weighted by Gasteiger charge is 2.07. The van der Waals surface area contributed by atoms with Gasteiger partial charge in [-0.05, 0) is 37.6 Å². The van der Waals surface area contributed by atoms with Gasteiger partial charge in [-0.2, -0.15) is 0 Å². The van der Waals surface area contributed by atoms with Crippen LogP contribution in [0.15, 0.2) is 18.2 Å². The van der Waals surface area contributed by atoms with Gasteiger partial charge in [0.05, 0.1) is 12.2 Å². The standard InChI is InChI=1S/C12H16ClNO3/c1-8(7-15)14-5-4-9-2-3-10(12(16)17)6-11(9)13/h2-3,6,8,14-15H,4-5,7H2,1H3,(H,16,17). The molecule has 1 aromatic rings. The van der Waals surface area contributed by atoms with Crippen molar-refractivity contribution in [3.8, 4) is 0 Å². The van der Waals surface area contributed by atoms with E-state index in [4.69, 9.17) is 21.8 Å². The van der Waals surface area contributed by atoms with Gasteiger partial charge in [0.15, 0.2) is 0 Å². The Labute approximate surface area is 105 Å². The van der Waals surface area contributed by atoms with E-state index in [1.165, 1.54) is 6.07 Å². The first kappa shape index (κ1) is 14.0. The van der Waals surface area contributed by atoms with Crippen LogP contribution in [0.5, 0.6) is 0 Å². The zero-order valence-electron chi connectivity index (χ0n) is 9.61. The Kier molecular flexibility index (Phi) is 5.41. The number of halogens is 1. The van der Waals surface area contributed by atoms with Crippen LogP contribution in [-0.4, -0.2) is 35.4 Å². The number of carboxylic acids is 1. The third-order valence-electron chi connectivity index (χ3n) is 2.46. The largest absolute Gasteiger partial charge is 0.478 e. The maximum atomic E-state index is 10.7. The van der Waals surface area contributed by atoms with Crippen molar-refractivity contribution in [2.75, 3.05) is 13.2 Å². The summed E-state index contributed by atoms with van der Waals surface area (Å²) in [5, 5.41) is 21.2. The molecular formula is C12H16ClNO3. The summed E-state index contributed by atoms with van der Waals surface area (Å²) in [5.74, 6) is -0.981. The predicted octanol–water partition coefficient (Wildman–Crippen LogP) is 1.55. The summed E-state index contributed by atoms with van der Waals surface area (Å²) in [6.07, 6.45) is 0.697. The summed E-state index contributed by atoms with van der Waals surface area (Å²) < 4.78 is 0. The van der Waals surface area contributed by atoms with Gasteiger partial charge in [0.1, 0.15) is 0 Å². The third-order valence-corrected chi connectivity index (χ3v) is 2.81. The van der Waals surface area contributed by atoms with Crippen LogP contribution < -0.4 is 5.32 Å². The molecule has 0 aliphatic rings. The third kappa shape index (κ3) is 4.34. The number of carbonyl (C=O) groups is 1. The Hall–Kier alpha value is -1.10. The molecular weight excluding hydrogens is 242 g/mol. The fourth-order valence-corrected chi connectivity index (χ4v) is 1.68. The average Bonchev–Trinajstić information content (AvgIpc) is 2.30. The van der Waals surface area contributed by atoms with Gasteiger partial charge in [0.25, 0.3) is 0 Å². The zero-order chi connectivity index (χ0) is 12.8. The van der Waals surface area contributed by atoms with Crippen molar-refractivity contribution >= 4 is 17.6 Å². The van der Waals surface area contributed by atoms with E-state index in [0.717, 1.165) is 5.56 Å². The molecule has 0 aliphatic heterocycles. The fraction of sp³-hybridized carbons (Fsp3) is 0.417. The molecule has 3 N–H and O–H groups in total. The molecule has 0 saturated carbocycles. The Bertz CT molecular complexity index is 395. The molecule has 4 nitrogen and oxygen atoms in total. The van der Waals surface area contributed by atoms with Crippen LogP contribution in [-0.2, 0) is 6.42 Å². The Balaban J connectivity index is 2.57. The average molecular weight is 258 g/mol. The van der Waals surface area contributed by atoms with Crippen LogP contribution in [0.4, 0.5) is 0 Å². The first-order chi connectivity index (χ1) is 8.04. The lowest BCUT2D eigenvalue weighted by Gasteiger charge is -2.11. The van der Waals surface area contributed by atoms with Gasteiger partial charge in [0, 0.05) is 11.1 Å². The quantitative estimate of drug-likeness (QED) is 0.723. The van der Waals surface area contributed by atoms with Crippen molar-refractivity contribution in [2.24, 2.45) is 0 Å². The summed E-state index contributed by atoms with van der Waals surface area (Å²) in [4.78, 5) is 10.7. The molecule has 0 aromatic heterocycles. The highest BCUT2D eigenvalue weighted by atomic mass is 35.5. The highest BCUT2D eigenvalue weighted by Crippen LogP contribution is 2.18. The number of rotatable bonds is 6. The highest BCUT2D eigenvalue weighted by molar-refractivity contribution is 6.31. The van der Waals surface area contributed by atoms with Crippen molar-refractivity contribution in [2.45, 2.75) is 19.4 Å². The molecule has 1 atom stereocenters. The van der Waals surface area contributed by atoms with Gasteiger partial charge >= 0.3 is 5.97 Å². The van der Waals surface area contributed by atoms with E-state index in [1.54, 1.807) is 12.1 Å². The lowest BCUT2D eigenvalue weighted by atomic mass is 10.1. The summed E-state index contributed by atoms with van der Waals surface area (Å²) in [6.45, 7) is 2.66. The number of aliphatic hydroxyl groups is 1. The minimum Gasteiger partial charge on any atom is -0.478 e. The van der Waals surface area contributed by atoms with Crippen LogP contribution in [0.1, 0.15) is 22.8 Å². The predicted molar refractivity (Wildman–Crippen MR) is 66.7 cm³/mol. The number of hydrogen-bond donors (Lipinski definition) is 3. The van der Waals surface area contributed by atoms with Crippen LogP contribution in [0.2, 0.25) is 5.02 Å². The smallest absolute Gasteiger partial charge is 0.335 e. The second kappa shape index (κ2) is 6.59. The number of aliphatic hydroxyl groups excluding tert-OH is 1. The molecule has 0 aliphatic carbocycles. The van der Waals surface area contributed by atoms with Crippen LogP contribution in [0, 0.1) is 0 Å². The lowest BCUT2D eigenvalue weighted by Crippen LogP contribution is -2.31. The first-order valence-electron chi connectivity index (χ1n) is 5.40. The van der Waals surface area contributed by atoms with Crippen LogP contribution in [0.3, 0.4) is 0 Å². The molecule has 0 bridgehead atoms. The van der Waals surface area contributed by atoms with Crippen molar-refractivity contribution < 1.29 is 15.0 Å². The van der Waals surface area contributed by atoms with Gasteiger partial charge in [-0.25, -0.2) is 4.79 Å². The fourth-order valence-electron chi connectivity index (χ4n) is 1.40. The molecule has 17 heavy (non-hydrogen) atoms. The Morgan fingerprint density at radius 1 is 1.53 bits per heavy atom. The van der Waals surface area contributed by atoms with Crippen molar-refractivity contribution in [1.29, 1.82) is 0 Å². The van der Waals surface area contributed by atoms with E-state index in [2.05, 4.69) is 5.32 Å². The van der Waals surface area contributed by atoms with E-state index in [0.29, 0.717) is 18.0 Å². The Morgan fingerprint density at radius 3 is 2.76 bits per heavy atom. The number of carboxylic acid groups (broad SMARTS) is 1. The van der Waals surface area contributed by atoms with Crippen LogP contribution >= 0.6 is 11.6 Å². The molecule has 0 spiro atoms. The van der Waals surface area contributed by atoms with E-state index in [9.17, 15) is 4.79 Å². The lowest BCUT2D eigenvalue weighted by molar-refractivity contribution is 0.0697. The number of hydrogen-bond acceptors (Lipinski definition) is 3. The van der Waals surface area contributed by atoms with Gasteiger partial charge in [-0.15, -0.1) is 0 Å². The summed E-state index contributed by atoms with van der Waals surface area (Å²) in [5.41, 5.74) is 1.09. The monoisotopic (exact) mass is 257 g/mol. The maximum absolute atomic E-state index is 10.7. The SMILES string of the molecule is CC(CO)NCCc1ccc(C(=O)O)cc1Cl. The summed E-state index contributed by atoms with van der Waals surface area (Å²) in [7, 11) is 0. The van der Waals surface area contributed by atoms with Gasteiger partial charge in [-0.3, -0.25) is 0 Å². The molecule has 1 unspecified atom stereocenters. The number of nitrogens with one attached hydrogen (secondary N) is 1. The van der Waals surface area contributed by atoms with Crippen molar-refractivity contribution in [3.63, 3.8) is 0 Å². The van der Waals surface area contributed by atoms with Gasteiger partial charge < -0.3 is 15.5 Å². The maximum Gasteiger partial charge on any atom is 0.335 e. The summed E-state index contributed by atoms with van der Waals surface area (Å²) in [6, 6.07) is 4.76. The molecule has 94 valence electrons. The molecule has 1 rings (SSSR count). The van der Waals surface area contributed by atoms with Gasteiger partial charge in [-0.1, -0.05) is 17.7 Å². The minimum atomic E-state index is -0.981. The van der Waals surface area contributed by atoms with Gasteiger partial charge in [0.2, 0.25) is 0 Å². The molecule has 0 fully saturated rings. The molecule has 0 saturated heterocycles. The first-order valence-corrected chi connectivity index (χ1v) is 5.78. The van der Waals surface area contributed by atoms with E-state index in [-0.39, 0.29) is 18.2 Å². The van der Waals surface area contributed by atoms with E-state index < -0.39 is 5.97 Å². The topological polar surface area (TPSA) is 69.6 Å². The van der Waals surface area contributed by atoms with E-state index >= 15 is 0 Å².